The summed E-state index contributed by atoms with van der Waals surface area (Å²) in [6, 6.07) is 6.59. The van der Waals surface area contributed by atoms with Gasteiger partial charge in [-0.3, -0.25) is 9.59 Å². The SMILES string of the molecule is CCNC(=O)[C@H](C)NC(=O)/C=C/c1cccc(Cl)c1. The number of rotatable bonds is 5. The Balaban J connectivity index is 2.53. The van der Waals surface area contributed by atoms with E-state index in [2.05, 4.69) is 10.6 Å². The Labute approximate surface area is 117 Å². The first-order valence-electron chi connectivity index (χ1n) is 6.04. The molecule has 5 heteroatoms. The lowest BCUT2D eigenvalue weighted by Gasteiger charge is -2.11. The van der Waals surface area contributed by atoms with Gasteiger partial charge in [0, 0.05) is 17.6 Å². The van der Waals surface area contributed by atoms with Crippen LogP contribution in [0.2, 0.25) is 5.02 Å². The minimum absolute atomic E-state index is 0.202. The van der Waals surface area contributed by atoms with Crippen LogP contribution in [0.4, 0.5) is 0 Å². The number of benzene rings is 1. The van der Waals surface area contributed by atoms with E-state index in [1.807, 2.05) is 13.0 Å². The van der Waals surface area contributed by atoms with Gasteiger partial charge in [0.15, 0.2) is 0 Å². The predicted octanol–water partition coefficient (Wildman–Crippen LogP) is 1.99. The second-order valence-electron chi connectivity index (χ2n) is 4.01. The largest absolute Gasteiger partial charge is 0.355 e. The number of hydrogen-bond acceptors (Lipinski definition) is 2. The van der Waals surface area contributed by atoms with Crippen LogP contribution < -0.4 is 10.6 Å². The molecule has 0 unspecified atom stereocenters. The molecule has 1 aromatic carbocycles. The molecule has 0 bridgehead atoms. The zero-order valence-electron chi connectivity index (χ0n) is 10.9. The highest BCUT2D eigenvalue weighted by Gasteiger charge is 2.12. The standard InChI is InChI=1S/C14H17ClN2O2/c1-3-16-14(19)10(2)17-13(18)8-7-11-5-4-6-12(15)9-11/h4-10H,3H2,1-2H3,(H,16,19)(H,17,18)/b8-7+/t10-/m0/s1. The van der Waals surface area contributed by atoms with Gasteiger partial charge in [-0.05, 0) is 37.6 Å². The van der Waals surface area contributed by atoms with Crippen molar-refractivity contribution in [1.82, 2.24) is 10.6 Å². The number of amides is 2. The van der Waals surface area contributed by atoms with E-state index in [1.54, 1.807) is 31.2 Å². The van der Waals surface area contributed by atoms with Crippen LogP contribution in [0.5, 0.6) is 0 Å². The Morgan fingerprint density at radius 1 is 1.42 bits per heavy atom. The molecule has 0 aliphatic heterocycles. The van der Waals surface area contributed by atoms with Crippen LogP contribution in [-0.4, -0.2) is 24.4 Å². The summed E-state index contributed by atoms with van der Waals surface area (Å²) in [6.45, 7) is 4.00. The average molecular weight is 281 g/mol. The van der Waals surface area contributed by atoms with Gasteiger partial charge in [0.1, 0.15) is 6.04 Å². The minimum Gasteiger partial charge on any atom is -0.355 e. The Morgan fingerprint density at radius 3 is 2.79 bits per heavy atom. The number of carbonyl (C=O) groups is 2. The van der Waals surface area contributed by atoms with Crippen LogP contribution in [0.3, 0.4) is 0 Å². The van der Waals surface area contributed by atoms with Crippen LogP contribution in [0.1, 0.15) is 19.4 Å². The summed E-state index contributed by atoms with van der Waals surface area (Å²) in [4.78, 5) is 23.0. The summed E-state index contributed by atoms with van der Waals surface area (Å²) in [6.07, 6.45) is 3.02. The van der Waals surface area contributed by atoms with E-state index < -0.39 is 6.04 Å². The van der Waals surface area contributed by atoms with E-state index in [1.165, 1.54) is 6.08 Å². The molecule has 4 nitrogen and oxygen atoms in total. The summed E-state index contributed by atoms with van der Waals surface area (Å²) in [5.41, 5.74) is 0.827. The van der Waals surface area contributed by atoms with E-state index in [9.17, 15) is 9.59 Å². The van der Waals surface area contributed by atoms with Gasteiger partial charge in [-0.1, -0.05) is 23.7 Å². The molecule has 1 rings (SSSR count). The fourth-order valence-electron chi connectivity index (χ4n) is 1.44. The molecule has 0 saturated carbocycles. The van der Waals surface area contributed by atoms with Crippen LogP contribution in [0.15, 0.2) is 30.3 Å². The molecule has 0 radical (unpaired) electrons. The van der Waals surface area contributed by atoms with E-state index in [0.29, 0.717) is 11.6 Å². The zero-order chi connectivity index (χ0) is 14.3. The third kappa shape index (κ3) is 5.57. The Morgan fingerprint density at radius 2 is 2.16 bits per heavy atom. The zero-order valence-corrected chi connectivity index (χ0v) is 11.7. The Bertz CT molecular complexity index is 486. The van der Waals surface area contributed by atoms with Crippen molar-refractivity contribution in [3.05, 3.63) is 40.9 Å². The van der Waals surface area contributed by atoms with Crippen molar-refractivity contribution >= 4 is 29.5 Å². The quantitative estimate of drug-likeness (QED) is 0.811. The van der Waals surface area contributed by atoms with Gasteiger partial charge in [-0.15, -0.1) is 0 Å². The van der Waals surface area contributed by atoms with E-state index in [4.69, 9.17) is 11.6 Å². The van der Waals surface area contributed by atoms with E-state index in [0.717, 1.165) is 5.56 Å². The predicted molar refractivity (Wildman–Crippen MR) is 76.8 cm³/mol. The Hall–Kier alpha value is -1.81. The van der Waals surface area contributed by atoms with Gasteiger partial charge in [0.25, 0.3) is 0 Å². The number of likely N-dealkylation sites (N-methyl/N-ethyl adjacent to an activating group) is 1. The molecule has 0 fully saturated rings. The van der Waals surface area contributed by atoms with Crippen molar-refractivity contribution in [3.8, 4) is 0 Å². The molecule has 2 amide bonds. The van der Waals surface area contributed by atoms with Crippen molar-refractivity contribution in [2.75, 3.05) is 6.54 Å². The second kappa shape index (κ2) is 7.59. The molecule has 0 aliphatic rings. The third-order valence-electron chi connectivity index (χ3n) is 2.38. The molecule has 19 heavy (non-hydrogen) atoms. The molecule has 0 saturated heterocycles. The molecule has 0 aromatic heterocycles. The lowest BCUT2D eigenvalue weighted by Crippen LogP contribution is -2.44. The van der Waals surface area contributed by atoms with Crippen LogP contribution >= 0.6 is 11.6 Å². The van der Waals surface area contributed by atoms with Gasteiger partial charge in [-0.25, -0.2) is 0 Å². The van der Waals surface area contributed by atoms with Crippen molar-refractivity contribution < 1.29 is 9.59 Å². The maximum Gasteiger partial charge on any atom is 0.244 e. The maximum absolute atomic E-state index is 11.6. The molecular weight excluding hydrogens is 264 g/mol. The monoisotopic (exact) mass is 280 g/mol. The summed E-state index contributed by atoms with van der Waals surface area (Å²) >= 11 is 5.83. The number of nitrogens with one attached hydrogen (secondary N) is 2. The number of hydrogen-bond donors (Lipinski definition) is 2. The lowest BCUT2D eigenvalue weighted by atomic mass is 10.2. The lowest BCUT2D eigenvalue weighted by molar-refractivity contribution is -0.126. The fourth-order valence-corrected chi connectivity index (χ4v) is 1.64. The van der Waals surface area contributed by atoms with E-state index >= 15 is 0 Å². The summed E-state index contributed by atoms with van der Waals surface area (Å²) in [5.74, 6) is -0.522. The highest BCUT2D eigenvalue weighted by atomic mass is 35.5. The number of halogens is 1. The highest BCUT2D eigenvalue weighted by Crippen LogP contribution is 2.11. The number of carbonyl (C=O) groups excluding carboxylic acids is 2. The fraction of sp³-hybridized carbons (Fsp3) is 0.286. The van der Waals surface area contributed by atoms with Crippen LogP contribution in [0.25, 0.3) is 6.08 Å². The molecule has 1 aromatic rings. The van der Waals surface area contributed by atoms with Crippen molar-refractivity contribution in [1.29, 1.82) is 0 Å². The first-order valence-corrected chi connectivity index (χ1v) is 6.42. The molecule has 1 atom stereocenters. The van der Waals surface area contributed by atoms with Gasteiger partial charge in [0.05, 0.1) is 0 Å². The van der Waals surface area contributed by atoms with E-state index in [-0.39, 0.29) is 11.8 Å². The minimum atomic E-state index is -0.559. The first-order chi connectivity index (χ1) is 9.02. The third-order valence-corrected chi connectivity index (χ3v) is 2.61. The molecule has 0 aliphatic carbocycles. The average Bonchev–Trinajstić information content (AvgIpc) is 2.36. The van der Waals surface area contributed by atoms with Gasteiger partial charge in [0.2, 0.25) is 11.8 Å². The first kappa shape index (κ1) is 15.2. The summed E-state index contributed by atoms with van der Waals surface area (Å²) in [7, 11) is 0. The normalized spacial score (nSPS) is 12.2. The molecule has 0 spiro atoms. The van der Waals surface area contributed by atoms with Crippen molar-refractivity contribution in [2.45, 2.75) is 19.9 Å². The molecule has 102 valence electrons. The molecule has 0 heterocycles. The molecular formula is C14H17ClN2O2. The highest BCUT2D eigenvalue weighted by molar-refractivity contribution is 6.30. The smallest absolute Gasteiger partial charge is 0.244 e. The van der Waals surface area contributed by atoms with Crippen molar-refractivity contribution in [3.63, 3.8) is 0 Å². The Kier molecular flexibility index (Phi) is 6.09. The van der Waals surface area contributed by atoms with Gasteiger partial charge in [-0.2, -0.15) is 0 Å². The van der Waals surface area contributed by atoms with Crippen molar-refractivity contribution in [2.24, 2.45) is 0 Å². The second-order valence-corrected chi connectivity index (χ2v) is 4.45. The van der Waals surface area contributed by atoms with Gasteiger partial charge >= 0.3 is 0 Å². The topological polar surface area (TPSA) is 58.2 Å². The summed E-state index contributed by atoms with van der Waals surface area (Å²) < 4.78 is 0. The van der Waals surface area contributed by atoms with Crippen LogP contribution in [-0.2, 0) is 9.59 Å². The summed E-state index contributed by atoms with van der Waals surface area (Å²) in [5, 5.41) is 5.82. The maximum atomic E-state index is 11.6. The van der Waals surface area contributed by atoms with Crippen LogP contribution in [0, 0.1) is 0 Å². The van der Waals surface area contributed by atoms with Gasteiger partial charge < -0.3 is 10.6 Å². The molecule has 2 N–H and O–H groups in total.